The van der Waals surface area contributed by atoms with Crippen LogP contribution in [0.2, 0.25) is 0 Å². The predicted molar refractivity (Wildman–Crippen MR) is 140 cm³/mol. The molecule has 1 aliphatic heterocycles. The Bertz CT molecular complexity index is 1100. The van der Waals surface area contributed by atoms with Gasteiger partial charge in [-0.15, -0.1) is 10.2 Å². The molecule has 5 rings (SSSR count). The molecule has 3 aromatic rings. The van der Waals surface area contributed by atoms with E-state index in [1.807, 2.05) is 23.2 Å². The topological polar surface area (TPSA) is 63.9 Å². The van der Waals surface area contributed by atoms with Gasteiger partial charge in [-0.25, -0.2) is 0 Å². The lowest BCUT2D eigenvalue weighted by Crippen LogP contribution is -2.39. The molecule has 0 spiro atoms. The fraction of sp³-hybridized carbons (Fsp3) is 0.500. The van der Waals surface area contributed by atoms with Crippen molar-refractivity contribution in [2.45, 2.75) is 63.1 Å². The van der Waals surface area contributed by atoms with Gasteiger partial charge in [0, 0.05) is 37.1 Å². The highest BCUT2D eigenvalue weighted by molar-refractivity contribution is 7.99. The third-order valence-electron chi connectivity index (χ3n) is 7.64. The van der Waals surface area contributed by atoms with Crippen molar-refractivity contribution in [3.8, 4) is 11.4 Å². The van der Waals surface area contributed by atoms with Crippen molar-refractivity contribution in [2.24, 2.45) is 11.8 Å². The highest BCUT2D eigenvalue weighted by Crippen LogP contribution is 2.39. The Morgan fingerprint density at radius 1 is 1.00 bits per heavy atom. The number of thioether (sulfide) groups is 1. The van der Waals surface area contributed by atoms with E-state index in [0.29, 0.717) is 23.6 Å². The van der Waals surface area contributed by atoms with Crippen molar-refractivity contribution >= 4 is 17.7 Å². The van der Waals surface area contributed by atoms with Crippen LogP contribution >= 0.6 is 11.8 Å². The standard InChI is InChI=1S/C28H35N5OS/c1-21-8-5-6-12-25(21)33-27(24-11-7-15-29-19-24)30-31-28(33)35-20-26(34)32-16-13-23(14-17-32)18-22-9-3-2-4-10-22/h2-4,7,9-11,15,19,21,23,25H,5-6,8,12-14,16-18,20H2,1H3/t21-,25+/m0/s1. The van der Waals surface area contributed by atoms with E-state index in [4.69, 9.17) is 0 Å². The van der Waals surface area contributed by atoms with Gasteiger partial charge >= 0.3 is 0 Å². The fourth-order valence-electron chi connectivity index (χ4n) is 5.60. The van der Waals surface area contributed by atoms with Crippen molar-refractivity contribution in [3.05, 3.63) is 60.4 Å². The van der Waals surface area contributed by atoms with Crippen LogP contribution in [-0.4, -0.2) is 49.4 Å². The van der Waals surface area contributed by atoms with Gasteiger partial charge in [0.05, 0.1) is 5.75 Å². The van der Waals surface area contributed by atoms with Crippen molar-refractivity contribution in [1.82, 2.24) is 24.6 Å². The molecule has 0 unspecified atom stereocenters. The summed E-state index contributed by atoms with van der Waals surface area (Å²) in [5, 5.41) is 9.98. The number of carbonyl (C=O) groups excluding carboxylic acids is 1. The van der Waals surface area contributed by atoms with Crippen LogP contribution in [-0.2, 0) is 11.2 Å². The Labute approximate surface area is 212 Å². The molecule has 2 aliphatic rings. The number of rotatable bonds is 7. The monoisotopic (exact) mass is 489 g/mol. The second-order valence-electron chi connectivity index (χ2n) is 10.0. The van der Waals surface area contributed by atoms with Gasteiger partial charge in [0.25, 0.3) is 0 Å². The minimum absolute atomic E-state index is 0.210. The number of piperidine rings is 1. The minimum atomic E-state index is 0.210. The molecule has 2 aromatic heterocycles. The number of hydrogen-bond donors (Lipinski definition) is 0. The molecule has 35 heavy (non-hydrogen) atoms. The van der Waals surface area contributed by atoms with Crippen molar-refractivity contribution in [1.29, 1.82) is 0 Å². The summed E-state index contributed by atoms with van der Waals surface area (Å²) < 4.78 is 2.30. The predicted octanol–water partition coefficient (Wildman–Crippen LogP) is 5.66. The Hall–Kier alpha value is -2.67. The van der Waals surface area contributed by atoms with Gasteiger partial charge in [0.1, 0.15) is 0 Å². The van der Waals surface area contributed by atoms with E-state index in [-0.39, 0.29) is 5.91 Å². The Morgan fingerprint density at radius 2 is 1.80 bits per heavy atom. The second kappa shape index (κ2) is 11.4. The maximum atomic E-state index is 13.1. The smallest absolute Gasteiger partial charge is 0.233 e. The summed E-state index contributed by atoms with van der Waals surface area (Å²) in [7, 11) is 0. The number of likely N-dealkylation sites (tertiary alicyclic amines) is 1. The molecule has 1 aromatic carbocycles. The van der Waals surface area contributed by atoms with E-state index >= 15 is 0 Å². The van der Waals surface area contributed by atoms with Gasteiger partial charge in [-0.1, -0.05) is 61.9 Å². The average Bonchev–Trinajstić information content (AvgIpc) is 3.33. The molecule has 7 heteroatoms. The highest BCUT2D eigenvalue weighted by atomic mass is 32.2. The molecule has 1 saturated carbocycles. The molecule has 3 heterocycles. The summed E-state index contributed by atoms with van der Waals surface area (Å²) in [6.07, 6.45) is 11.7. The normalized spacial score (nSPS) is 21.2. The Kier molecular flexibility index (Phi) is 7.82. The summed E-state index contributed by atoms with van der Waals surface area (Å²) in [5.41, 5.74) is 2.38. The van der Waals surface area contributed by atoms with E-state index < -0.39 is 0 Å². The molecule has 2 fully saturated rings. The summed E-state index contributed by atoms with van der Waals surface area (Å²) in [6, 6.07) is 15.0. The lowest BCUT2D eigenvalue weighted by molar-refractivity contribution is -0.129. The SMILES string of the molecule is C[C@H]1CCCC[C@H]1n1c(SCC(=O)N2CCC(Cc3ccccc3)CC2)nnc1-c1cccnc1. The van der Waals surface area contributed by atoms with Crippen LogP contribution in [0.5, 0.6) is 0 Å². The maximum absolute atomic E-state index is 13.1. The van der Waals surface area contributed by atoms with Gasteiger partial charge in [0.15, 0.2) is 11.0 Å². The molecule has 0 N–H and O–H groups in total. The number of pyridine rings is 1. The first-order chi connectivity index (χ1) is 17.2. The van der Waals surface area contributed by atoms with E-state index in [0.717, 1.165) is 55.3 Å². The quantitative estimate of drug-likeness (QED) is 0.401. The summed E-state index contributed by atoms with van der Waals surface area (Å²) in [4.78, 5) is 19.4. The van der Waals surface area contributed by atoms with Crippen LogP contribution in [0.25, 0.3) is 11.4 Å². The fourth-order valence-corrected chi connectivity index (χ4v) is 6.49. The molecular weight excluding hydrogens is 454 g/mol. The van der Waals surface area contributed by atoms with E-state index in [9.17, 15) is 4.79 Å². The first kappa shape index (κ1) is 24.0. The van der Waals surface area contributed by atoms with Crippen LogP contribution in [0, 0.1) is 11.8 Å². The van der Waals surface area contributed by atoms with Crippen molar-refractivity contribution in [2.75, 3.05) is 18.8 Å². The Morgan fingerprint density at radius 3 is 2.54 bits per heavy atom. The largest absolute Gasteiger partial charge is 0.342 e. The zero-order valence-electron chi connectivity index (χ0n) is 20.6. The number of benzene rings is 1. The van der Waals surface area contributed by atoms with Gasteiger partial charge < -0.3 is 4.90 Å². The van der Waals surface area contributed by atoms with Gasteiger partial charge in [-0.05, 0) is 61.6 Å². The van der Waals surface area contributed by atoms with Crippen LogP contribution in [0.4, 0.5) is 0 Å². The van der Waals surface area contributed by atoms with Crippen LogP contribution in [0.1, 0.15) is 57.1 Å². The first-order valence-electron chi connectivity index (χ1n) is 13.0. The molecule has 0 bridgehead atoms. The van der Waals surface area contributed by atoms with Crippen LogP contribution < -0.4 is 0 Å². The first-order valence-corrected chi connectivity index (χ1v) is 14.0. The van der Waals surface area contributed by atoms with Crippen molar-refractivity contribution in [3.63, 3.8) is 0 Å². The third-order valence-corrected chi connectivity index (χ3v) is 8.57. The third kappa shape index (κ3) is 5.77. The van der Waals surface area contributed by atoms with Gasteiger partial charge in [0.2, 0.25) is 5.91 Å². The zero-order valence-corrected chi connectivity index (χ0v) is 21.4. The summed E-state index contributed by atoms with van der Waals surface area (Å²) in [6.45, 7) is 4.03. The molecule has 1 amide bonds. The van der Waals surface area contributed by atoms with E-state index in [2.05, 4.69) is 57.0 Å². The second-order valence-corrected chi connectivity index (χ2v) is 11.0. The van der Waals surface area contributed by atoms with Crippen LogP contribution in [0.15, 0.2) is 60.0 Å². The molecule has 1 saturated heterocycles. The number of amides is 1. The zero-order chi connectivity index (χ0) is 24.0. The lowest BCUT2D eigenvalue weighted by atomic mass is 9.85. The Balaban J connectivity index is 1.23. The molecule has 6 nitrogen and oxygen atoms in total. The highest BCUT2D eigenvalue weighted by Gasteiger charge is 2.30. The lowest BCUT2D eigenvalue weighted by Gasteiger charge is -2.33. The number of nitrogens with zero attached hydrogens (tertiary/aromatic N) is 5. The van der Waals surface area contributed by atoms with E-state index in [1.54, 1.807) is 18.0 Å². The number of carbonyl (C=O) groups is 1. The average molecular weight is 490 g/mol. The van der Waals surface area contributed by atoms with Crippen LogP contribution in [0.3, 0.4) is 0 Å². The molecule has 2 atom stereocenters. The molecule has 0 radical (unpaired) electrons. The summed E-state index contributed by atoms with van der Waals surface area (Å²) >= 11 is 1.54. The van der Waals surface area contributed by atoms with Gasteiger partial charge in [-0.3, -0.25) is 14.3 Å². The molecular formula is C28H35N5OS. The summed E-state index contributed by atoms with van der Waals surface area (Å²) in [5.74, 6) is 2.71. The maximum Gasteiger partial charge on any atom is 0.233 e. The molecule has 1 aliphatic carbocycles. The van der Waals surface area contributed by atoms with E-state index in [1.165, 1.54) is 24.8 Å². The van der Waals surface area contributed by atoms with Gasteiger partial charge in [-0.2, -0.15) is 0 Å². The van der Waals surface area contributed by atoms with Crippen molar-refractivity contribution < 1.29 is 4.79 Å². The number of hydrogen-bond acceptors (Lipinski definition) is 5. The minimum Gasteiger partial charge on any atom is -0.342 e. The molecule has 184 valence electrons. The number of aromatic nitrogens is 4.